The quantitative estimate of drug-likeness (QED) is 0.485. The van der Waals surface area contributed by atoms with E-state index in [4.69, 9.17) is 27.9 Å². The summed E-state index contributed by atoms with van der Waals surface area (Å²) in [5, 5.41) is 6.17. The molecule has 1 aliphatic rings. The number of para-hydroxylation sites is 1. The molecule has 184 valence electrons. The fraction of sp³-hybridized carbons (Fsp3) is 0.391. The summed E-state index contributed by atoms with van der Waals surface area (Å²) in [7, 11) is -2.12. The Morgan fingerprint density at radius 1 is 1.15 bits per heavy atom. The number of rotatable bonds is 9. The first kappa shape index (κ1) is 26.4. The summed E-state index contributed by atoms with van der Waals surface area (Å²) in [5.74, 6) is -1.43. The minimum atomic E-state index is -3.66. The highest BCUT2D eigenvalue weighted by molar-refractivity contribution is 7.88. The van der Waals surface area contributed by atoms with Crippen molar-refractivity contribution in [3.63, 3.8) is 0 Å². The number of hydrogen-bond acceptors (Lipinski definition) is 5. The van der Waals surface area contributed by atoms with Gasteiger partial charge in [0.15, 0.2) is 0 Å². The van der Waals surface area contributed by atoms with Crippen LogP contribution in [0, 0.1) is 5.92 Å². The van der Waals surface area contributed by atoms with Gasteiger partial charge in [0, 0.05) is 26.7 Å². The van der Waals surface area contributed by atoms with E-state index in [2.05, 4.69) is 10.6 Å². The number of ether oxygens (including phenoxy) is 1. The molecular formula is C23H27Cl2N3O5S. The van der Waals surface area contributed by atoms with Gasteiger partial charge < -0.3 is 15.4 Å². The smallest absolute Gasteiger partial charge is 0.253 e. The third kappa shape index (κ3) is 6.93. The molecule has 1 unspecified atom stereocenters. The number of carbonyl (C=O) groups excluding carboxylic acids is 2. The average Bonchev–Trinajstić information content (AvgIpc) is 2.82. The lowest BCUT2D eigenvalue weighted by atomic mass is 9.98. The molecular weight excluding hydrogens is 501 g/mol. The highest BCUT2D eigenvalue weighted by Crippen LogP contribution is 2.27. The normalized spacial score (nSPS) is 16.7. The number of sulfonamides is 1. The average molecular weight is 528 g/mol. The van der Waals surface area contributed by atoms with E-state index in [1.807, 2.05) is 0 Å². The molecule has 3 rings (SSSR count). The number of nitrogens with one attached hydrogen (secondary N) is 2. The second-order valence-corrected chi connectivity index (χ2v) is 10.8. The molecule has 0 radical (unpaired) electrons. The largest absolute Gasteiger partial charge is 0.383 e. The number of methoxy groups -OCH3 is 1. The lowest BCUT2D eigenvalue weighted by molar-refractivity contribution is -0.120. The van der Waals surface area contributed by atoms with Crippen LogP contribution >= 0.6 is 23.2 Å². The van der Waals surface area contributed by atoms with Gasteiger partial charge >= 0.3 is 0 Å². The Hall–Kier alpha value is -2.17. The summed E-state index contributed by atoms with van der Waals surface area (Å²) < 4.78 is 32.3. The van der Waals surface area contributed by atoms with Crippen molar-refractivity contribution >= 4 is 50.7 Å². The van der Waals surface area contributed by atoms with Gasteiger partial charge in [0.25, 0.3) is 5.91 Å². The molecule has 2 amide bonds. The van der Waals surface area contributed by atoms with Crippen LogP contribution in [0.2, 0.25) is 10.0 Å². The minimum absolute atomic E-state index is 0.0672. The first-order chi connectivity index (χ1) is 16.2. The highest BCUT2D eigenvalue weighted by atomic mass is 35.5. The number of halogens is 2. The molecule has 2 aromatic carbocycles. The van der Waals surface area contributed by atoms with Gasteiger partial charge in [0.2, 0.25) is 15.9 Å². The third-order valence-corrected chi connectivity index (χ3v) is 8.06. The molecule has 0 saturated carbocycles. The minimum Gasteiger partial charge on any atom is -0.383 e. The SMILES string of the molecule is COCCNC(=O)c1ccccc1NC(=O)C1CCCN(S(=O)(=O)Cc2ccc(Cl)c(Cl)c2)C1. The Morgan fingerprint density at radius 2 is 1.91 bits per heavy atom. The fourth-order valence-corrected chi connectivity index (χ4v) is 5.65. The van der Waals surface area contributed by atoms with Gasteiger partial charge in [-0.05, 0) is 42.7 Å². The van der Waals surface area contributed by atoms with Gasteiger partial charge in [-0.1, -0.05) is 41.4 Å². The third-order valence-electron chi connectivity index (χ3n) is 5.50. The lowest BCUT2D eigenvalue weighted by Crippen LogP contribution is -2.44. The molecule has 11 heteroatoms. The zero-order valence-corrected chi connectivity index (χ0v) is 21.0. The maximum absolute atomic E-state index is 13.0. The fourth-order valence-electron chi connectivity index (χ4n) is 3.73. The number of carbonyl (C=O) groups is 2. The molecule has 1 fully saturated rings. The molecule has 0 aromatic heterocycles. The van der Waals surface area contributed by atoms with Crippen molar-refractivity contribution in [1.29, 1.82) is 0 Å². The number of amides is 2. The summed E-state index contributed by atoms with van der Waals surface area (Å²) in [6, 6.07) is 11.4. The van der Waals surface area contributed by atoms with Gasteiger partial charge in [-0.3, -0.25) is 9.59 Å². The number of piperidine rings is 1. The summed E-state index contributed by atoms with van der Waals surface area (Å²) in [5.41, 5.74) is 1.22. The topological polar surface area (TPSA) is 105 Å². The van der Waals surface area contributed by atoms with E-state index in [0.29, 0.717) is 54.4 Å². The first-order valence-electron chi connectivity index (χ1n) is 10.8. The Morgan fingerprint density at radius 3 is 2.65 bits per heavy atom. The molecule has 1 saturated heterocycles. The summed E-state index contributed by atoms with van der Waals surface area (Å²) >= 11 is 11.9. The van der Waals surface area contributed by atoms with Gasteiger partial charge in [0.05, 0.1) is 39.6 Å². The number of benzene rings is 2. The van der Waals surface area contributed by atoms with Crippen molar-refractivity contribution in [2.45, 2.75) is 18.6 Å². The maximum Gasteiger partial charge on any atom is 0.253 e. The van der Waals surface area contributed by atoms with Crippen molar-refractivity contribution in [2.75, 3.05) is 38.7 Å². The van der Waals surface area contributed by atoms with Gasteiger partial charge in [-0.15, -0.1) is 0 Å². The van der Waals surface area contributed by atoms with Gasteiger partial charge in [0.1, 0.15) is 0 Å². The van der Waals surface area contributed by atoms with Crippen molar-refractivity contribution in [3.05, 3.63) is 63.6 Å². The molecule has 0 bridgehead atoms. The van der Waals surface area contributed by atoms with Gasteiger partial charge in [-0.25, -0.2) is 12.7 Å². The van der Waals surface area contributed by atoms with E-state index in [1.165, 1.54) is 10.4 Å². The van der Waals surface area contributed by atoms with Crippen LogP contribution in [0.4, 0.5) is 5.69 Å². The molecule has 1 atom stereocenters. The number of nitrogens with zero attached hydrogens (tertiary/aromatic N) is 1. The molecule has 1 heterocycles. The lowest BCUT2D eigenvalue weighted by Gasteiger charge is -2.31. The standard InChI is InChI=1S/C23H27Cl2N3O5S/c1-33-12-10-26-23(30)18-6-2-3-7-21(18)27-22(29)17-5-4-11-28(14-17)34(31,32)15-16-8-9-19(24)20(25)13-16/h2-3,6-9,13,17H,4-5,10-12,14-15H2,1H3,(H,26,30)(H,27,29). The van der Waals surface area contributed by atoms with E-state index in [-0.39, 0.29) is 29.1 Å². The second kappa shape index (κ2) is 12.0. The van der Waals surface area contributed by atoms with Crippen LogP contribution in [0.5, 0.6) is 0 Å². The summed E-state index contributed by atoms with van der Waals surface area (Å²) in [6.07, 6.45) is 1.10. The summed E-state index contributed by atoms with van der Waals surface area (Å²) in [6.45, 7) is 1.12. The maximum atomic E-state index is 13.0. The summed E-state index contributed by atoms with van der Waals surface area (Å²) in [4.78, 5) is 25.5. The molecule has 0 spiro atoms. The van der Waals surface area contributed by atoms with Crippen LogP contribution in [-0.2, 0) is 25.3 Å². The van der Waals surface area contributed by atoms with Crippen LogP contribution in [0.3, 0.4) is 0 Å². The van der Waals surface area contributed by atoms with Crippen LogP contribution in [0.15, 0.2) is 42.5 Å². The zero-order chi connectivity index (χ0) is 24.7. The Labute approximate surface area is 209 Å². The van der Waals surface area contributed by atoms with Crippen molar-refractivity contribution in [2.24, 2.45) is 5.92 Å². The molecule has 1 aliphatic heterocycles. The van der Waals surface area contributed by atoms with Crippen LogP contribution < -0.4 is 10.6 Å². The monoisotopic (exact) mass is 527 g/mol. The van der Waals surface area contributed by atoms with Crippen molar-refractivity contribution in [3.8, 4) is 0 Å². The van der Waals surface area contributed by atoms with E-state index in [0.717, 1.165) is 0 Å². The second-order valence-electron chi connectivity index (χ2n) is 7.99. The molecule has 34 heavy (non-hydrogen) atoms. The number of hydrogen-bond donors (Lipinski definition) is 2. The Kier molecular flexibility index (Phi) is 9.32. The van der Waals surface area contributed by atoms with Gasteiger partial charge in [-0.2, -0.15) is 0 Å². The predicted octanol–water partition coefficient (Wildman–Crippen LogP) is 3.55. The molecule has 2 N–H and O–H groups in total. The van der Waals surface area contributed by atoms with E-state index >= 15 is 0 Å². The van der Waals surface area contributed by atoms with E-state index in [9.17, 15) is 18.0 Å². The highest BCUT2D eigenvalue weighted by Gasteiger charge is 2.33. The van der Waals surface area contributed by atoms with Crippen molar-refractivity contribution in [1.82, 2.24) is 9.62 Å². The van der Waals surface area contributed by atoms with Crippen LogP contribution in [0.1, 0.15) is 28.8 Å². The van der Waals surface area contributed by atoms with Crippen molar-refractivity contribution < 1.29 is 22.7 Å². The molecule has 0 aliphatic carbocycles. The molecule has 2 aromatic rings. The Balaban J connectivity index is 1.67. The number of anilines is 1. The van der Waals surface area contributed by atoms with E-state index < -0.39 is 15.9 Å². The first-order valence-corrected chi connectivity index (χ1v) is 13.2. The zero-order valence-electron chi connectivity index (χ0n) is 18.7. The molecule has 8 nitrogen and oxygen atoms in total. The Bertz CT molecular complexity index is 1140. The van der Waals surface area contributed by atoms with Crippen LogP contribution in [-0.4, -0.2) is 57.9 Å². The predicted molar refractivity (Wildman–Crippen MR) is 133 cm³/mol. The van der Waals surface area contributed by atoms with Crippen LogP contribution in [0.25, 0.3) is 0 Å². The van der Waals surface area contributed by atoms with E-state index in [1.54, 1.807) is 43.5 Å².